The van der Waals surface area contributed by atoms with Gasteiger partial charge in [0.25, 0.3) is 0 Å². The van der Waals surface area contributed by atoms with Crippen molar-refractivity contribution in [3.63, 3.8) is 0 Å². The highest BCUT2D eigenvalue weighted by Crippen LogP contribution is 1.86. The summed E-state index contributed by atoms with van der Waals surface area (Å²) in [5, 5.41) is 5.52. The second-order valence-electron chi connectivity index (χ2n) is 3.27. The van der Waals surface area contributed by atoms with Gasteiger partial charge in [0.05, 0.1) is 6.54 Å². The first kappa shape index (κ1) is 12.9. The van der Waals surface area contributed by atoms with Crippen molar-refractivity contribution in [1.29, 1.82) is 0 Å². The Morgan fingerprint density at radius 2 is 1.93 bits per heavy atom. The Kier molecular flexibility index (Phi) is 6.74. The molecule has 2 amide bonds. The van der Waals surface area contributed by atoms with Crippen LogP contribution >= 0.6 is 0 Å². The second-order valence-corrected chi connectivity index (χ2v) is 3.27. The Morgan fingerprint density at radius 3 is 2.43 bits per heavy atom. The number of amides is 2. The van der Waals surface area contributed by atoms with Gasteiger partial charge in [-0.2, -0.15) is 0 Å². The molecule has 5 nitrogen and oxygen atoms in total. The van der Waals surface area contributed by atoms with Gasteiger partial charge in [0, 0.05) is 20.5 Å². The van der Waals surface area contributed by atoms with E-state index in [1.54, 1.807) is 14.1 Å². The number of hydrogen-bond acceptors (Lipinski definition) is 3. The lowest BCUT2D eigenvalue weighted by molar-refractivity contribution is -0.130. The molecular weight excluding hydrogens is 182 g/mol. The van der Waals surface area contributed by atoms with Crippen LogP contribution in [0.5, 0.6) is 0 Å². The summed E-state index contributed by atoms with van der Waals surface area (Å²) >= 11 is 0. The fourth-order valence-electron chi connectivity index (χ4n) is 0.846. The van der Waals surface area contributed by atoms with Crippen molar-refractivity contribution < 1.29 is 9.59 Å². The van der Waals surface area contributed by atoms with Gasteiger partial charge >= 0.3 is 0 Å². The Hall–Kier alpha value is -1.10. The zero-order valence-corrected chi connectivity index (χ0v) is 9.09. The summed E-state index contributed by atoms with van der Waals surface area (Å²) in [6, 6.07) is 0. The van der Waals surface area contributed by atoms with E-state index in [9.17, 15) is 9.59 Å². The minimum atomic E-state index is -0.0908. The van der Waals surface area contributed by atoms with Crippen LogP contribution in [0.2, 0.25) is 0 Å². The summed E-state index contributed by atoms with van der Waals surface area (Å²) in [5.74, 6) is -0.164. The Morgan fingerprint density at radius 1 is 1.29 bits per heavy atom. The standard InChI is InChI=1S/C9H19N3O2/c1-10-6-4-5-8(13)11-7-9(14)12(2)3/h10H,4-7H2,1-3H3,(H,11,13). The van der Waals surface area contributed by atoms with Crippen LogP contribution in [0.15, 0.2) is 0 Å². The molecule has 0 heterocycles. The van der Waals surface area contributed by atoms with Crippen LogP contribution in [-0.4, -0.2) is 50.9 Å². The first-order valence-corrected chi connectivity index (χ1v) is 4.69. The van der Waals surface area contributed by atoms with Crippen molar-refractivity contribution in [1.82, 2.24) is 15.5 Å². The van der Waals surface area contributed by atoms with Gasteiger partial charge in [-0.1, -0.05) is 0 Å². The number of hydrogen-bond donors (Lipinski definition) is 2. The molecule has 0 radical (unpaired) electrons. The van der Waals surface area contributed by atoms with Gasteiger partial charge in [-0.05, 0) is 20.0 Å². The van der Waals surface area contributed by atoms with E-state index in [1.165, 1.54) is 4.90 Å². The van der Waals surface area contributed by atoms with Gasteiger partial charge in [-0.25, -0.2) is 0 Å². The molecule has 82 valence electrons. The van der Waals surface area contributed by atoms with Crippen molar-refractivity contribution in [3.8, 4) is 0 Å². The summed E-state index contributed by atoms with van der Waals surface area (Å²) in [5.41, 5.74) is 0. The molecule has 0 rings (SSSR count). The van der Waals surface area contributed by atoms with E-state index in [4.69, 9.17) is 0 Å². The van der Waals surface area contributed by atoms with Crippen LogP contribution in [-0.2, 0) is 9.59 Å². The summed E-state index contributed by atoms with van der Waals surface area (Å²) in [6.45, 7) is 0.903. The Bertz CT molecular complexity index is 192. The average Bonchev–Trinajstić information content (AvgIpc) is 2.14. The zero-order chi connectivity index (χ0) is 11.0. The summed E-state index contributed by atoms with van der Waals surface area (Å²) in [4.78, 5) is 23.7. The lowest BCUT2D eigenvalue weighted by Gasteiger charge is -2.10. The van der Waals surface area contributed by atoms with Gasteiger partial charge in [-0.3, -0.25) is 9.59 Å². The van der Waals surface area contributed by atoms with Crippen LogP contribution in [0.4, 0.5) is 0 Å². The van der Waals surface area contributed by atoms with Gasteiger partial charge in [0.15, 0.2) is 0 Å². The third kappa shape index (κ3) is 6.42. The number of likely N-dealkylation sites (N-methyl/N-ethyl adjacent to an activating group) is 1. The largest absolute Gasteiger partial charge is 0.347 e. The average molecular weight is 201 g/mol. The molecule has 0 saturated carbocycles. The lowest BCUT2D eigenvalue weighted by Crippen LogP contribution is -2.36. The van der Waals surface area contributed by atoms with E-state index in [2.05, 4.69) is 10.6 Å². The molecular formula is C9H19N3O2. The van der Waals surface area contributed by atoms with E-state index >= 15 is 0 Å². The first-order valence-electron chi connectivity index (χ1n) is 4.69. The molecule has 0 saturated heterocycles. The zero-order valence-electron chi connectivity index (χ0n) is 9.09. The molecule has 0 unspecified atom stereocenters. The van der Waals surface area contributed by atoms with Gasteiger partial charge in [-0.15, -0.1) is 0 Å². The van der Waals surface area contributed by atoms with Gasteiger partial charge in [0.1, 0.15) is 0 Å². The smallest absolute Gasteiger partial charge is 0.241 e. The van der Waals surface area contributed by atoms with Crippen LogP contribution < -0.4 is 10.6 Å². The summed E-state index contributed by atoms with van der Waals surface area (Å²) in [7, 11) is 5.17. The fourth-order valence-corrected chi connectivity index (χ4v) is 0.846. The SMILES string of the molecule is CNCCCC(=O)NCC(=O)N(C)C. The predicted octanol–water partition coefficient (Wildman–Crippen LogP) is -0.810. The van der Waals surface area contributed by atoms with Gasteiger partial charge in [0.2, 0.25) is 11.8 Å². The van der Waals surface area contributed by atoms with Gasteiger partial charge < -0.3 is 15.5 Å². The van der Waals surface area contributed by atoms with E-state index < -0.39 is 0 Å². The predicted molar refractivity (Wildman–Crippen MR) is 54.9 cm³/mol. The van der Waals surface area contributed by atoms with Crippen molar-refractivity contribution >= 4 is 11.8 Å². The summed E-state index contributed by atoms with van der Waals surface area (Å²) < 4.78 is 0. The number of nitrogens with one attached hydrogen (secondary N) is 2. The molecule has 0 spiro atoms. The second kappa shape index (κ2) is 7.32. The number of carbonyl (C=O) groups excluding carboxylic acids is 2. The van der Waals surface area contributed by atoms with Crippen LogP contribution in [0, 0.1) is 0 Å². The molecule has 2 N–H and O–H groups in total. The summed E-state index contributed by atoms with van der Waals surface area (Å²) in [6.07, 6.45) is 1.25. The number of carbonyl (C=O) groups is 2. The fraction of sp³-hybridized carbons (Fsp3) is 0.778. The van der Waals surface area contributed by atoms with E-state index in [-0.39, 0.29) is 18.4 Å². The molecule has 0 aromatic carbocycles. The minimum absolute atomic E-state index is 0.0737. The van der Waals surface area contributed by atoms with Crippen molar-refractivity contribution in [3.05, 3.63) is 0 Å². The van der Waals surface area contributed by atoms with Crippen molar-refractivity contribution in [2.75, 3.05) is 34.2 Å². The maximum atomic E-state index is 11.1. The molecule has 0 atom stereocenters. The minimum Gasteiger partial charge on any atom is -0.347 e. The van der Waals surface area contributed by atoms with E-state index in [0.29, 0.717) is 6.42 Å². The molecule has 0 aliphatic rings. The quantitative estimate of drug-likeness (QED) is 0.553. The monoisotopic (exact) mass is 201 g/mol. The molecule has 0 aromatic heterocycles. The van der Waals surface area contributed by atoms with Crippen molar-refractivity contribution in [2.24, 2.45) is 0 Å². The van der Waals surface area contributed by atoms with E-state index in [0.717, 1.165) is 13.0 Å². The highest BCUT2D eigenvalue weighted by Gasteiger charge is 2.05. The maximum Gasteiger partial charge on any atom is 0.241 e. The molecule has 0 fully saturated rings. The normalized spacial score (nSPS) is 9.64. The number of rotatable bonds is 6. The molecule has 0 aliphatic heterocycles. The van der Waals surface area contributed by atoms with Crippen molar-refractivity contribution in [2.45, 2.75) is 12.8 Å². The molecule has 0 aliphatic carbocycles. The third-order valence-electron chi connectivity index (χ3n) is 1.77. The molecule has 5 heteroatoms. The van der Waals surface area contributed by atoms with Crippen LogP contribution in [0.1, 0.15) is 12.8 Å². The Labute approximate surface area is 84.8 Å². The first-order chi connectivity index (χ1) is 6.57. The Balaban J connectivity index is 3.49. The molecule has 14 heavy (non-hydrogen) atoms. The highest BCUT2D eigenvalue weighted by molar-refractivity contribution is 5.84. The topological polar surface area (TPSA) is 61.4 Å². The highest BCUT2D eigenvalue weighted by atomic mass is 16.2. The van der Waals surface area contributed by atoms with E-state index in [1.807, 2.05) is 7.05 Å². The van der Waals surface area contributed by atoms with Crippen LogP contribution in [0.25, 0.3) is 0 Å². The van der Waals surface area contributed by atoms with Crippen LogP contribution in [0.3, 0.4) is 0 Å². The third-order valence-corrected chi connectivity index (χ3v) is 1.77. The molecule has 0 aromatic rings. The lowest BCUT2D eigenvalue weighted by atomic mass is 10.3. The maximum absolute atomic E-state index is 11.1. The number of nitrogens with zero attached hydrogens (tertiary/aromatic N) is 1. The molecule has 0 bridgehead atoms.